The first-order chi connectivity index (χ1) is 11.0. The Hall–Kier alpha value is -2.59. The first-order valence-electron chi connectivity index (χ1n) is 7.05. The van der Waals surface area contributed by atoms with E-state index in [1.807, 2.05) is 42.1 Å². The van der Waals surface area contributed by atoms with Gasteiger partial charge < -0.3 is 9.88 Å². The van der Waals surface area contributed by atoms with Crippen molar-refractivity contribution in [2.24, 2.45) is 0 Å². The summed E-state index contributed by atoms with van der Waals surface area (Å²) in [5.74, 6) is -0.917. The Balaban J connectivity index is 1.91. The van der Waals surface area contributed by atoms with Gasteiger partial charge in [-0.1, -0.05) is 17.7 Å². The van der Waals surface area contributed by atoms with Gasteiger partial charge in [0.25, 0.3) is 5.91 Å². The number of hydrogen-bond acceptors (Lipinski definition) is 1. The number of anilines is 1. The Morgan fingerprint density at radius 3 is 2.61 bits per heavy atom. The van der Waals surface area contributed by atoms with Crippen molar-refractivity contribution in [3.05, 3.63) is 82.9 Å². The van der Waals surface area contributed by atoms with Gasteiger partial charge >= 0.3 is 0 Å². The van der Waals surface area contributed by atoms with E-state index in [1.54, 1.807) is 12.1 Å². The van der Waals surface area contributed by atoms with Crippen molar-refractivity contribution in [2.45, 2.75) is 6.92 Å². The van der Waals surface area contributed by atoms with Gasteiger partial charge in [-0.15, -0.1) is 0 Å². The molecule has 0 saturated carbocycles. The summed E-state index contributed by atoms with van der Waals surface area (Å²) in [4.78, 5) is 12.4. The van der Waals surface area contributed by atoms with Crippen molar-refractivity contribution < 1.29 is 9.18 Å². The topological polar surface area (TPSA) is 34.0 Å². The lowest BCUT2D eigenvalue weighted by atomic mass is 10.1. The summed E-state index contributed by atoms with van der Waals surface area (Å²) in [5.41, 5.74) is 2.44. The fourth-order valence-electron chi connectivity index (χ4n) is 2.31. The highest BCUT2D eigenvalue weighted by Gasteiger charge is 2.12. The van der Waals surface area contributed by atoms with Crippen LogP contribution < -0.4 is 5.32 Å². The molecule has 0 unspecified atom stereocenters. The molecule has 1 N–H and O–H groups in total. The van der Waals surface area contributed by atoms with E-state index in [4.69, 9.17) is 11.6 Å². The molecule has 0 aliphatic rings. The third-order valence-electron chi connectivity index (χ3n) is 3.53. The van der Waals surface area contributed by atoms with Gasteiger partial charge in [0, 0.05) is 28.7 Å². The Morgan fingerprint density at radius 1 is 1.13 bits per heavy atom. The van der Waals surface area contributed by atoms with E-state index < -0.39 is 5.82 Å². The lowest BCUT2D eigenvalue weighted by Crippen LogP contribution is -2.13. The van der Waals surface area contributed by atoms with Crippen LogP contribution in [0.2, 0.25) is 5.02 Å². The lowest BCUT2D eigenvalue weighted by molar-refractivity contribution is 0.102. The molecule has 0 atom stereocenters. The van der Waals surface area contributed by atoms with Crippen molar-refractivity contribution in [3.8, 4) is 5.69 Å². The Kier molecular flexibility index (Phi) is 4.17. The van der Waals surface area contributed by atoms with Gasteiger partial charge in [-0.05, 0) is 55.0 Å². The first kappa shape index (κ1) is 15.3. The molecule has 3 rings (SSSR count). The lowest BCUT2D eigenvalue weighted by Gasteiger charge is -2.11. The first-order valence-corrected chi connectivity index (χ1v) is 7.43. The predicted molar refractivity (Wildman–Crippen MR) is 89.9 cm³/mol. The van der Waals surface area contributed by atoms with Crippen LogP contribution in [0.5, 0.6) is 0 Å². The van der Waals surface area contributed by atoms with E-state index in [1.165, 1.54) is 18.2 Å². The van der Waals surface area contributed by atoms with Crippen molar-refractivity contribution in [2.75, 3.05) is 5.32 Å². The van der Waals surface area contributed by atoms with E-state index in [9.17, 15) is 9.18 Å². The van der Waals surface area contributed by atoms with Crippen LogP contribution in [0.4, 0.5) is 10.1 Å². The Labute approximate surface area is 138 Å². The van der Waals surface area contributed by atoms with Gasteiger partial charge in [-0.2, -0.15) is 0 Å². The largest absolute Gasteiger partial charge is 0.324 e. The molecule has 1 heterocycles. The smallest absolute Gasteiger partial charge is 0.255 e. The number of hydrogen-bond donors (Lipinski definition) is 1. The number of rotatable bonds is 3. The van der Waals surface area contributed by atoms with Crippen LogP contribution in [0.3, 0.4) is 0 Å². The molecular formula is C18H14ClFN2O. The van der Waals surface area contributed by atoms with Crippen LogP contribution in [-0.2, 0) is 0 Å². The summed E-state index contributed by atoms with van der Waals surface area (Å²) in [6.45, 7) is 1.97. The van der Waals surface area contributed by atoms with Crippen LogP contribution in [-0.4, -0.2) is 10.5 Å². The zero-order chi connectivity index (χ0) is 16.4. The molecule has 0 bridgehead atoms. The zero-order valence-electron chi connectivity index (χ0n) is 12.4. The number of nitrogens with zero attached hydrogens (tertiary/aromatic N) is 1. The van der Waals surface area contributed by atoms with E-state index in [-0.39, 0.29) is 11.6 Å². The van der Waals surface area contributed by atoms with Crippen LogP contribution in [0, 0.1) is 12.7 Å². The molecule has 0 fully saturated rings. The minimum absolute atomic E-state index is 0.0607. The number of aryl methyl sites for hydroxylation is 1. The molecule has 23 heavy (non-hydrogen) atoms. The molecule has 0 saturated heterocycles. The van der Waals surface area contributed by atoms with E-state index in [0.29, 0.717) is 10.6 Å². The molecule has 5 heteroatoms. The summed E-state index contributed by atoms with van der Waals surface area (Å²) >= 11 is 5.84. The molecule has 3 aromatic rings. The van der Waals surface area contributed by atoms with E-state index in [0.717, 1.165) is 11.3 Å². The van der Waals surface area contributed by atoms with Gasteiger partial charge in [0.05, 0.1) is 5.69 Å². The maximum absolute atomic E-state index is 13.7. The fraction of sp³-hybridized carbons (Fsp3) is 0.0556. The standard InChI is InChI=1S/C18H14ClFN2O/c1-12-4-5-13(10-17(12)22-8-2-3-9-22)18(23)21-16-11-14(19)6-7-15(16)20/h2-11H,1H3,(H,21,23). The molecule has 0 aliphatic heterocycles. The summed E-state index contributed by atoms with van der Waals surface area (Å²) in [5, 5.41) is 2.91. The highest BCUT2D eigenvalue weighted by Crippen LogP contribution is 2.21. The highest BCUT2D eigenvalue weighted by atomic mass is 35.5. The third kappa shape index (κ3) is 3.27. The normalized spacial score (nSPS) is 10.6. The minimum atomic E-state index is -0.527. The third-order valence-corrected chi connectivity index (χ3v) is 3.77. The maximum atomic E-state index is 13.7. The predicted octanol–water partition coefficient (Wildman–Crippen LogP) is 4.83. The van der Waals surface area contributed by atoms with Gasteiger partial charge in [-0.25, -0.2) is 4.39 Å². The number of halogens is 2. The molecular weight excluding hydrogens is 315 g/mol. The summed E-state index contributed by atoms with van der Waals surface area (Å²) in [6, 6.07) is 13.2. The summed E-state index contributed by atoms with van der Waals surface area (Å²) in [7, 11) is 0. The quantitative estimate of drug-likeness (QED) is 0.734. The van der Waals surface area contributed by atoms with E-state index >= 15 is 0 Å². The maximum Gasteiger partial charge on any atom is 0.255 e. The Bertz CT molecular complexity index is 859. The van der Waals surface area contributed by atoms with Crippen molar-refractivity contribution >= 4 is 23.2 Å². The average molecular weight is 329 g/mol. The number of carbonyl (C=O) groups excluding carboxylic acids is 1. The monoisotopic (exact) mass is 328 g/mol. The molecule has 1 aromatic heterocycles. The molecule has 0 aliphatic carbocycles. The van der Waals surface area contributed by atoms with Crippen LogP contribution >= 0.6 is 11.6 Å². The molecule has 116 valence electrons. The number of benzene rings is 2. The molecule has 0 spiro atoms. The van der Waals surface area contributed by atoms with Gasteiger partial charge in [-0.3, -0.25) is 4.79 Å². The average Bonchev–Trinajstić information content (AvgIpc) is 3.05. The Morgan fingerprint density at radius 2 is 1.87 bits per heavy atom. The summed E-state index contributed by atoms with van der Waals surface area (Å²) < 4.78 is 15.7. The second kappa shape index (κ2) is 6.26. The van der Waals surface area contributed by atoms with Crippen molar-refractivity contribution in [1.82, 2.24) is 4.57 Å². The second-order valence-corrected chi connectivity index (χ2v) is 5.61. The van der Waals surface area contributed by atoms with Gasteiger partial charge in [0.15, 0.2) is 0 Å². The highest BCUT2D eigenvalue weighted by molar-refractivity contribution is 6.31. The van der Waals surface area contributed by atoms with E-state index in [2.05, 4.69) is 5.32 Å². The fourth-order valence-corrected chi connectivity index (χ4v) is 2.48. The molecule has 3 nitrogen and oxygen atoms in total. The second-order valence-electron chi connectivity index (χ2n) is 5.17. The van der Waals surface area contributed by atoms with Gasteiger partial charge in [0.1, 0.15) is 5.82 Å². The molecule has 0 radical (unpaired) electrons. The number of nitrogens with one attached hydrogen (secondary N) is 1. The van der Waals surface area contributed by atoms with Crippen LogP contribution in [0.25, 0.3) is 5.69 Å². The number of carbonyl (C=O) groups is 1. The zero-order valence-corrected chi connectivity index (χ0v) is 13.1. The van der Waals surface area contributed by atoms with Gasteiger partial charge in [0.2, 0.25) is 0 Å². The van der Waals surface area contributed by atoms with Crippen LogP contribution in [0.1, 0.15) is 15.9 Å². The SMILES string of the molecule is Cc1ccc(C(=O)Nc2cc(Cl)ccc2F)cc1-n1cccc1. The molecule has 2 aromatic carbocycles. The van der Waals surface area contributed by atoms with Crippen molar-refractivity contribution in [3.63, 3.8) is 0 Å². The summed E-state index contributed by atoms with van der Waals surface area (Å²) in [6.07, 6.45) is 3.81. The molecule has 1 amide bonds. The number of aromatic nitrogens is 1. The number of amides is 1. The van der Waals surface area contributed by atoms with Crippen LogP contribution in [0.15, 0.2) is 60.9 Å². The van der Waals surface area contributed by atoms with Crippen molar-refractivity contribution in [1.29, 1.82) is 0 Å². The minimum Gasteiger partial charge on any atom is -0.324 e.